The third kappa shape index (κ3) is 3.96. The lowest BCUT2D eigenvalue weighted by molar-refractivity contribution is 0.102. The number of hydrogen-bond acceptors (Lipinski definition) is 3. The number of carbonyl (C=O) groups is 1. The zero-order valence-corrected chi connectivity index (χ0v) is 13.9. The Morgan fingerprint density at radius 3 is 2.43 bits per heavy atom. The van der Waals surface area contributed by atoms with Crippen molar-refractivity contribution < 1.29 is 9.53 Å². The quantitative estimate of drug-likeness (QED) is 0.906. The Morgan fingerprint density at radius 2 is 1.74 bits per heavy atom. The lowest BCUT2D eigenvalue weighted by Crippen LogP contribution is -2.36. The molecule has 1 aliphatic heterocycles. The van der Waals surface area contributed by atoms with Gasteiger partial charge in [-0.2, -0.15) is 0 Å². The Kier molecular flexibility index (Phi) is 5.06. The summed E-state index contributed by atoms with van der Waals surface area (Å²) in [6.07, 6.45) is 0. The van der Waals surface area contributed by atoms with Crippen LogP contribution in [0.1, 0.15) is 10.4 Å². The minimum atomic E-state index is -0.220. The highest BCUT2D eigenvalue weighted by Crippen LogP contribution is 2.28. The summed E-state index contributed by atoms with van der Waals surface area (Å²) in [4.78, 5) is 14.5. The summed E-state index contributed by atoms with van der Waals surface area (Å²) in [5.41, 5.74) is 2.14. The van der Waals surface area contributed by atoms with Gasteiger partial charge in [-0.15, -0.1) is 0 Å². The van der Waals surface area contributed by atoms with Gasteiger partial charge in [-0.3, -0.25) is 4.79 Å². The highest BCUT2D eigenvalue weighted by atomic mass is 35.5. The van der Waals surface area contributed by atoms with Gasteiger partial charge in [0.2, 0.25) is 0 Å². The van der Waals surface area contributed by atoms with Crippen molar-refractivity contribution in [1.29, 1.82) is 0 Å². The van der Waals surface area contributed by atoms with Gasteiger partial charge in [0.15, 0.2) is 0 Å². The number of anilines is 2. The van der Waals surface area contributed by atoms with Gasteiger partial charge in [0, 0.05) is 29.4 Å². The average molecular weight is 351 g/mol. The third-order valence-electron chi connectivity index (χ3n) is 3.68. The number of nitrogens with zero attached hydrogens (tertiary/aromatic N) is 1. The maximum Gasteiger partial charge on any atom is 0.255 e. The fourth-order valence-electron chi connectivity index (χ4n) is 2.42. The van der Waals surface area contributed by atoms with Crippen LogP contribution in [-0.4, -0.2) is 32.2 Å². The molecule has 1 amide bonds. The number of benzene rings is 2. The first-order valence-corrected chi connectivity index (χ1v) is 8.08. The molecular weight excluding hydrogens is 335 g/mol. The standard InChI is InChI=1S/C17H16Cl2N2O2/c18-13-3-1-12(2-4-13)17(22)20-16-11-14(5-6-15(16)19)21-7-9-23-10-8-21/h1-6,11H,7-10H2,(H,20,22). The largest absolute Gasteiger partial charge is 0.378 e. The van der Waals surface area contributed by atoms with E-state index in [1.807, 2.05) is 12.1 Å². The van der Waals surface area contributed by atoms with E-state index in [-0.39, 0.29) is 5.91 Å². The Labute approximate surface area is 144 Å². The van der Waals surface area contributed by atoms with Gasteiger partial charge in [0.05, 0.1) is 23.9 Å². The van der Waals surface area contributed by atoms with Crippen LogP contribution in [0, 0.1) is 0 Å². The van der Waals surface area contributed by atoms with E-state index in [1.54, 1.807) is 30.3 Å². The Bertz CT molecular complexity index is 698. The van der Waals surface area contributed by atoms with Gasteiger partial charge < -0.3 is 15.0 Å². The van der Waals surface area contributed by atoms with Gasteiger partial charge >= 0.3 is 0 Å². The van der Waals surface area contributed by atoms with E-state index in [9.17, 15) is 4.79 Å². The molecular formula is C17H16Cl2N2O2. The van der Waals surface area contributed by atoms with E-state index < -0.39 is 0 Å². The lowest BCUT2D eigenvalue weighted by Gasteiger charge is -2.29. The summed E-state index contributed by atoms with van der Waals surface area (Å²) in [5, 5.41) is 3.95. The molecule has 1 saturated heterocycles. The van der Waals surface area contributed by atoms with Crippen LogP contribution >= 0.6 is 23.2 Å². The Hall–Kier alpha value is -1.75. The van der Waals surface area contributed by atoms with Crippen molar-refractivity contribution in [3.63, 3.8) is 0 Å². The third-order valence-corrected chi connectivity index (χ3v) is 4.26. The van der Waals surface area contributed by atoms with Crippen molar-refractivity contribution in [2.24, 2.45) is 0 Å². The van der Waals surface area contributed by atoms with Crippen molar-refractivity contribution in [3.05, 3.63) is 58.1 Å². The van der Waals surface area contributed by atoms with Gasteiger partial charge in [0.25, 0.3) is 5.91 Å². The zero-order chi connectivity index (χ0) is 16.2. The van der Waals surface area contributed by atoms with Crippen molar-refractivity contribution in [3.8, 4) is 0 Å². The van der Waals surface area contributed by atoms with Crippen LogP contribution in [0.4, 0.5) is 11.4 Å². The van der Waals surface area contributed by atoms with Crippen LogP contribution in [0.3, 0.4) is 0 Å². The van der Waals surface area contributed by atoms with Gasteiger partial charge in [-0.05, 0) is 42.5 Å². The highest BCUT2D eigenvalue weighted by Gasteiger charge is 2.14. The second kappa shape index (κ2) is 7.21. The number of halogens is 2. The van der Waals surface area contributed by atoms with Gasteiger partial charge in [-0.1, -0.05) is 23.2 Å². The molecule has 1 heterocycles. The highest BCUT2D eigenvalue weighted by molar-refractivity contribution is 6.34. The smallest absolute Gasteiger partial charge is 0.255 e. The van der Waals surface area contributed by atoms with Crippen molar-refractivity contribution in [2.75, 3.05) is 36.5 Å². The molecule has 0 aliphatic carbocycles. The molecule has 0 radical (unpaired) electrons. The second-order valence-electron chi connectivity index (χ2n) is 5.22. The minimum absolute atomic E-state index is 0.220. The molecule has 0 atom stereocenters. The van der Waals surface area contributed by atoms with Crippen LogP contribution in [0.2, 0.25) is 10.0 Å². The van der Waals surface area contributed by atoms with Crippen LogP contribution < -0.4 is 10.2 Å². The molecule has 0 unspecified atom stereocenters. The first-order valence-electron chi connectivity index (χ1n) is 7.32. The molecule has 120 valence electrons. The molecule has 3 rings (SSSR count). The molecule has 1 fully saturated rings. The first-order chi connectivity index (χ1) is 11.1. The summed E-state index contributed by atoms with van der Waals surface area (Å²) >= 11 is 12.1. The van der Waals surface area contributed by atoms with E-state index >= 15 is 0 Å². The first kappa shape index (κ1) is 16.1. The topological polar surface area (TPSA) is 41.6 Å². The number of morpholine rings is 1. The number of ether oxygens (including phenoxy) is 1. The number of amides is 1. The van der Waals surface area contributed by atoms with Crippen LogP contribution in [0.5, 0.6) is 0 Å². The molecule has 2 aromatic carbocycles. The molecule has 0 aromatic heterocycles. The second-order valence-corrected chi connectivity index (χ2v) is 6.07. The number of carbonyl (C=O) groups excluding carboxylic acids is 1. The number of hydrogen-bond donors (Lipinski definition) is 1. The maximum absolute atomic E-state index is 12.3. The predicted octanol–water partition coefficient (Wildman–Crippen LogP) is 4.08. The normalized spacial score (nSPS) is 14.6. The average Bonchev–Trinajstić information content (AvgIpc) is 2.58. The molecule has 23 heavy (non-hydrogen) atoms. The number of nitrogens with one attached hydrogen (secondary N) is 1. The predicted molar refractivity (Wildman–Crippen MR) is 93.9 cm³/mol. The monoisotopic (exact) mass is 350 g/mol. The van der Waals surface area contributed by atoms with Crippen molar-refractivity contribution >= 4 is 40.5 Å². The Morgan fingerprint density at radius 1 is 1.04 bits per heavy atom. The van der Waals surface area contributed by atoms with Crippen molar-refractivity contribution in [2.45, 2.75) is 0 Å². The molecule has 4 nitrogen and oxygen atoms in total. The summed E-state index contributed by atoms with van der Waals surface area (Å²) in [6, 6.07) is 12.4. The summed E-state index contributed by atoms with van der Waals surface area (Å²) in [6.45, 7) is 3.06. The van der Waals surface area contributed by atoms with E-state index in [0.29, 0.717) is 34.5 Å². The fourth-order valence-corrected chi connectivity index (χ4v) is 2.71. The molecule has 0 saturated carbocycles. The molecule has 2 aromatic rings. The van der Waals surface area contributed by atoms with E-state index in [0.717, 1.165) is 18.8 Å². The Balaban J connectivity index is 1.78. The fraction of sp³-hybridized carbons (Fsp3) is 0.235. The van der Waals surface area contributed by atoms with E-state index in [1.165, 1.54) is 0 Å². The molecule has 6 heteroatoms. The zero-order valence-electron chi connectivity index (χ0n) is 12.4. The van der Waals surface area contributed by atoms with Crippen LogP contribution in [0.25, 0.3) is 0 Å². The minimum Gasteiger partial charge on any atom is -0.378 e. The van der Waals surface area contributed by atoms with Crippen LogP contribution in [0.15, 0.2) is 42.5 Å². The van der Waals surface area contributed by atoms with Gasteiger partial charge in [-0.25, -0.2) is 0 Å². The summed E-state index contributed by atoms with van der Waals surface area (Å²) < 4.78 is 5.36. The van der Waals surface area contributed by atoms with E-state index in [4.69, 9.17) is 27.9 Å². The maximum atomic E-state index is 12.3. The SMILES string of the molecule is O=C(Nc1cc(N2CCOCC2)ccc1Cl)c1ccc(Cl)cc1. The molecule has 0 spiro atoms. The molecule has 0 bridgehead atoms. The van der Waals surface area contributed by atoms with Crippen molar-refractivity contribution in [1.82, 2.24) is 0 Å². The van der Waals surface area contributed by atoms with Gasteiger partial charge in [0.1, 0.15) is 0 Å². The van der Waals surface area contributed by atoms with E-state index in [2.05, 4.69) is 10.2 Å². The summed E-state index contributed by atoms with van der Waals surface area (Å²) in [7, 11) is 0. The summed E-state index contributed by atoms with van der Waals surface area (Å²) in [5.74, 6) is -0.220. The molecule has 1 N–H and O–H groups in total. The molecule has 1 aliphatic rings. The lowest BCUT2D eigenvalue weighted by atomic mass is 10.2. The van der Waals surface area contributed by atoms with Crippen LogP contribution in [-0.2, 0) is 4.74 Å². The number of rotatable bonds is 3.